The number of nitrogens with zero attached hydrogens (tertiary/aromatic N) is 3. The maximum atomic E-state index is 12.4. The molecule has 0 aliphatic rings. The van der Waals surface area contributed by atoms with E-state index in [0.29, 0.717) is 10.8 Å². The maximum Gasteiger partial charge on any atom is 0.276 e. The highest BCUT2D eigenvalue weighted by atomic mass is 32.1. The molecule has 0 saturated heterocycles. The minimum atomic E-state index is -0.275. The second-order valence-corrected chi connectivity index (χ2v) is 5.95. The van der Waals surface area contributed by atoms with E-state index in [2.05, 4.69) is 20.3 Å². The third kappa shape index (κ3) is 2.87. The zero-order valence-corrected chi connectivity index (χ0v) is 13.3. The summed E-state index contributed by atoms with van der Waals surface area (Å²) in [7, 11) is 0. The molecule has 4 aromatic rings. The average molecular weight is 332 g/mol. The lowest BCUT2D eigenvalue weighted by Gasteiger charge is -2.03. The Morgan fingerprint density at radius 3 is 2.67 bits per heavy atom. The fraction of sp³-hybridized carbons (Fsp3) is 0. The SMILES string of the molecule is O=C(Nc1nc(-c2ccccn2)cs1)c1ccc2ccccc2n1. The van der Waals surface area contributed by atoms with Crippen LogP contribution in [0.5, 0.6) is 0 Å². The third-order valence-corrected chi connectivity index (χ3v) is 4.24. The highest BCUT2D eigenvalue weighted by molar-refractivity contribution is 7.14. The van der Waals surface area contributed by atoms with E-state index >= 15 is 0 Å². The second kappa shape index (κ2) is 6.17. The van der Waals surface area contributed by atoms with Gasteiger partial charge in [0.25, 0.3) is 5.91 Å². The number of carbonyl (C=O) groups excluding carboxylic acids is 1. The Bertz CT molecular complexity index is 1010. The Kier molecular flexibility index (Phi) is 3.72. The summed E-state index contributed by atoms with van der Waals surface area (Å²) in [5.41, 5.74) is 2.67. The minimum absolute atomic E-state index is 0.275. The van der Waals surface area contributed by atoms with Gasteiger partial charge >= 0.3 is 0 Å². The topological polar surface area (TPSA) is 67.8 Å². The van der Waals surface area contributed by atoms with Crippen LogP contribution in [-0.2, 0) is 0 Å². The molecular formula is C18H12N4OS. The molecule has 0 fully saturated rings. The summed E-state index contributed by atoms with van der Waals surface area (Å²) in [4.78, 5) is 25.4. The zero-order valence-electron chi connectivity index (χ0n) is 12.5. The van der Waals surface area contributed by atoms with Crippen molar-refractivity contribution >= 4 is 33.3 Å². The number of aromatic nitrogens is 3. The smallest absolute Gasteiger partial charge is 0.276 e. The van der Waals surface area contributed by atoms with Gasteiger partial charge in [0.05, 0.1) is 11.2 Å². The number of nitrogens with one attached hydrogen (secondary N) is 1. The first kappa shape index (κ1) is 14.5. The van der Waals surface area contributed by atoms with Crippen LogP contribution < -0.4 is 5.32 Å². The zero-order chi connectivity index (χ0) is 16.4. The summed E-state index contributed by atoms with van der Waals surface area (Å²) in [6.45, 7) is 0. The van der Waals surface area contributed by atoms with Gasteiger partial charge in [0.2, 0.25) is 0 Å². The molecule has 0 unspecified atom stereocenters. The highest BCUT2D eigenvalue weighted by Crippen LogP contribution is 2.23. The largest absolute Gasteiger partial charge is 0.296 e. The lowest BCUT2D eigenvalue weighted by Crippen LogP contribution is -2.13. The predicted octanol–water partition coefficient (Wildman–Crippen LogP) is 4.01. The minimum Gasteiger partial charge on any atom is -0.296 e. The molecule has 4 rings (SSSR count). The normalized spacial score (nSPS) is 10.7. The number of amides is 1. The quantitative estimate of drug-likeness (QED) is 0.615. The van der Waals surface area contributed by atoms with Crippen LogP contribution in [0.25, 0.3) is 22.3 Å². The molecule has 0 spiro atoms. The van der Waals surface area contributed by atoms with Gasteiger partial charge in [-0.1, -0.05) is 30.3 Å². The summed E-state index contributed by atoms with van der Waals surface area (Å²) in [6.07, 6.45) is 1.71. The van der Waals surface area contributed by atoms with Crippen molar-refractivity contribution in [2.24, 2.45) is 0 Å². The van der Waals surface area contributed by atoms with Crippen molar-refractivity contribution < 1.29 is 4.79 Å². The van der Waals surface area contributed by atoms with E-state index in [1.54, 1.807) is 12.3 Å². The van der Waals surface area contributed by atoms with Gasteiger partial charge in [-0.25, -0.2) is 9.97 Å². The molecule has 0 aliphatic carbocycles. The number of hydrogen-bond donors (Lipinski definition) is 1. The molecule has 0 aliphatic heterocycles. The van der Waals surface area contributed by atoms with E-state index in [1.807, 2.05) is 53.9 Å². The Balaban J connectivity index is 1.56. The van der Waals surface area contributed by atoms with Gasteiger partial charge in [0, 0.05) is 17.0 Å². The van der Waals surface area contributed by atoms with Crippen molar-refractivity contribution in [3.05, 3.63) is 71.9 Å². The predicted molar refractivity (Wildman–Crippen MR) is 95.0 cm³/mol. The Morgan fingerprint density at radius 1 is 0.917 bits per heavy atom. The number of pyridine rings is 2. The van der Waals surface area contributed by atoms with Crippen LogP contribution in [0.4, 0.5) is 5.13 Å². The van der Waals surface area contributed by atoms with Gasteiger partial charge in [-0.05, 0) is 24.3 Å². The molecule has 5 nitrogen and oxygen atoms in total. The fourth-order valence-corrected chi connectivity index (χ4v) is 3.02. The number of rotatable bonds is 3. The summed E-state index contributed by atoms with van der Waals surface area (Å²) >= 11 is 1.36. The first-order valence-corrected chi connectivity index (χ1v) is 8.22. The third-order valence-electron chi connectivity index (χ3n) is 3.48. The second-order valence-electron chi connectivity index (χ2n) is 5.10. The van der Waals surface area contributed by atoms with E-state index in [1.165, 1.54) is 11.3 Å². The molecule has 6 heteroatoms. The van der Waals surface area contributed by atoms with Crippen LogP contribution >= 0.6 is 11.3 Å². The maximum absolute atomic E-state index is 12.4. The lowest BCUT2D eigenvalue weighted by atomic mass is 10.2. The Hall–Kier alpha value is -3.12. The van der Waals surface area contributed by atoms with E-state index in [-0.39, 0.29) is 5.91 Å². The Morgan fingerprint density at radius 2 is 1.79 bits per heavy atom. The molecule has 0 bridgehead atoms. The first-order chi connectivity index (χ1) is 11.8. The van der Waals surface area contributed by atoms with E-state index < -0.39 is 0 Å². The molecule has 1 amide bonds. The first-order valence-electron chi connectivity index (χ1n) is 7.34. The molecule has 0 atom stereocenters. The molecule has 1 aromatic carbocycles. The number of para-hydroxylation sites is 1. The number of thiazole rings is 1. The molecular weight excluding hydrogens is 320 g/mol. The van der Waals surface area contributed by atoms with Crippen LogP contribution in [0.3, 0.4) is 0 Å². The summed E-state index contributed by atoms with van der Waals surface area (Å²) in [5, 5.41) is 6.18. The molecule has 1 N–H and O–H groups in total. The molecule has 0 saturated carbocycles. The summed E-state index contributed by atoms with van der Waals surface area (Å²) in [6, 6.07) is 16.9. The molecule has 3 aromatic heterocycles. The van der Waals surface area contributed by atoms with Gasteiger partial charge in [-0.3, -0.25) is 15.1 Å². The standard InChI is InChI=1S/C18H12N4OS/c23-17(15-9-8-12-5-1-2-6-13(12)20-15)22-18-21-16(11-24-18)14-7-3-4-10-19-14/h1-11H,(H,21,22,23). The number of hydrogen-bond acceptors (Lipinski definition) is 5. The molecule has 0 radical (unpaired) electrons. The number of benzene rings is 1. The van der Waals surface area contributed by atoms with Crippen LogP contribution in [0.1, 0.15) is 10.5 Å². The van der Waals surface area contributed by atoms with Crippen LogP contribution in [0.2, 0.25) is 0 Å². The van der Waals surface area contributed by atoms with Gasteiger partial charge in [0.1, 0.15) is 11.4 Å². The van der Waals surface area contributed by atoms with Crippen LogP contribution in [0.15, 0.2) is 66.2 Å². The Labute approximate surface area is 142 Å². The van der Waals surface area contributed by atoms with Crippen LogP contribution in [-0.4, -0.2) is 20.9 Å². The molecule has 3 heterocycles. The van der Waals surface area contributed by atoms with Crippen LogP contribution in [0, 0.1) is 0 Å². The monoisotopic (exact) mass is 332 g/mol. The average Bonchev–Trinajstić information content (AvgIpc) is 3.10. The van der Waals surface area contributed by atoms with Gasteiger partial charge in [-0.15, -0.1) is 11.3 Å². The summed E-state index contributed by atoms with van der Waals surface area (Å²) in [5.74, 6) is -0.275. The van der Waals surface area contributed by atoms with Crippen molar-refractivity contribution in [2.45, 2.75) is 0 Å². The van der Waals surface area contributed by atoms with Crippen molar-refractivity contribution in [1.82, 2.24) is 15.0 Å². The summed E-state index contributed by atoms with van der Waals surface area (Å²) < 4.78 is 0. The van der Waals surface area contributed by atoms with Gasteiger partial charge in [0.15, 0.2) is 5.13 Å². The van der Waals surface area contributed by atoms with E-state index in [4.69, 9.17) is 0 Å². The van der Waals surface area contributed by atoms with Gasteiger partial charge < -0.3 is 0 Å². The molecule has 116 valence electrons. The van der Waals surface area contributed by atoms with Crippen molar-refractivity contribution in [1.29, 1.82) is 0 Å². The van der Waals surface area contributed by atoms with Crippen molar-refractivity contribution in [3.63, 3.8) is 0 Å². The number of fused-ring (bicyclic) bond motifs is 1. The van der Waals surface area contributed by atoms with Gasteiger partial charge in [-0.2, -0.15) is 0 Å². The lowest BCUT2D eigenvalue weighted by molar-refractivity contribution is 0.102. The van der Waals surface area contributed by atoms with Crippen molar-refractivity contribution in [2.75, 3.05) is 5.32 Å². The highest BCUT2D eigenvalue weighted by Gasteiger charge is 2.12. The molecule has 24 heavy (non-hydrogen) atoms. The van der Waals surface area contributed by atoms with Crippen molar-refractivity contribution in [3.8, 4) is 11.4 Å². The van der Waals surface area contributed by atoms with E-state index in [9.17, 15) is 4.79 Å². The van der Waals surface area contributed by atoms with E-state index in [0.717, 1.165) is 22.3 Å². The fourth-order valence-electron chi connectivity index (χ4n) is 2.32. The number of carbonyl (C=O) groups is 1. The number of anilines is 1.